The molecule has 2 aromatic carbocycles. The largest absolute Gasteiger partial charge is 0.497 e. The van der Waals surface area contributed by atoms with Gasteiger partial charge in [0.1, 0.15) is 40.3 Å². The lowest BCUT2D eigenvalue weighted by Crippen LogP contribution is -2.60. The third-order valence-corrected chi connectivity index (χ3v) is 7.24. The zero-order chi connectivity index (χ0) is 31.9. The van der Waals surface area contributed by atoms with E-state index in [0.29, 0.717) is 30.9 Å². The molecule has 5 rings (SSSR count). The van der Waals surface area contributed by atoms with E-state index in [1.165, 1.54) is 31.0 Å². The first-order valence-corrected chi connectivity index (χ1v) is 13.5. The number of nitrogens with one attached hydrogen (secondary N) is 1. The van der Waals surface area contributed by atoms with E-state index in [4.69, 9.17) is 4.74 Å². The molecule has 2 N–H and O–H groups in total. The number of carbonyl (C=O) groups excluding carboxylic acids is 1. The summed E-state index contributed by atoms with van der Waals surface area (Å²) in [6, 6.07) is 10.1. The van der Waals surface area contributed by atoms with Crippen LogP contribution in [0.3, 0.4) is 0 Å². The van der Waals surface area contributed by atoms with Crippen molar-refractivity contribution < 1.29 is 36.9 Å². The fourth-order valence-electron chi connectivity index (χ4n) is 5.15. The zero-order valence-electron chi connectivity index (χ0n) is 24.2. The first kappa shape index (κ1) is 30.6. The first-order valence-electron chi connectivity index (χ1n) is 13.5. The minimum Gasteiger partial charge on any atom is -0.497 e. The summed E-state index contributed by atoms with van der Waals surface area (Å²) >= 11 is 0. The second-order valence-electron chi connectivity index (χ2n) is 10.5. The van der Waals surface area contributed by atoms with Gasteiger partial charge >= 0.3 is 6.61 Å². The maximum absolute atomic E-state index is 15.5. The van der Waals surface area contributed by atoms with E-state index >= 15 is 8.78 Å². The van der Waals surface area contributed by atoms with Crippen LogP contribution in [-0.4, -0.2) is 57.8 Å². The summed E-state index contributed by atoms with van der Waals surface area (Å²) in [6.45, 7) is 1.08. The number of anilines is 2. The van der Waals surface area contributed by atoms with E-state index < -0.39 is 46.6 Å². The van der Waals surface area contributed by atoms with E-state index in [1.807, 2.05) is 11.8 Å². The molecule has 44 heavy (non-hydrogen) atoms. The van der Waals surface area contributed by atoms with Crippen molar-refractivity contribution in [3.05, 3.63) is 81.6 Å². The Labute approximate surface area is 249 Å². The molecular formula is C30H29F4N5O5. The van der Waals surface area contributed by atoms with Crippen LogP contribution in [0.2, 0.25) is 0 Å². The van der Waals surface area contributed by atoms with Crippen molar-refractivity contribution in [2.24, 2.45) is 7.05 Å². The summed E-state index contributed by atoms with van der Waals surface area (Å²) in [7, 11) is 2.64. The fraction of sp³-hybridized carbons (Fsp3) is 0.300. The molecule has 0 atom stereocenters. The number of hydrogen-bond donors (Lipinski definition) is 2. The van der Waals surface area contributed by atoms with E-state index in [2.05, 4.69) is 15.0 Å². The molecule has 232 valence electrons. The van der Waals surface area contributed by atoms with E-state index in [9.17, 15) is 23.5 Å². The lowest BCUT2D eigenvalue weighted by atomic mass is 9.97. The molecule has 0 radical (unpaired) electrons. The predicted molar refractivity (Wildman–Crippen MR) is 154 cm³/mol. The highest BCUT2D eigenvalue weighted by Gasteiger charge is 2.38. The first-order chi connectivity index (χ1) is 20.8. The van der Waals surface area contributed by atoms with Gasteiger partial charge in [0.05, 0.1) is 18.3 Å². The van der Waals surface area contributed by atoms with Crippen LogP contribution < -0.4 is 25.2 Å². The molecule has 10 nitrogen and oxygen atoms in total. The number of alkyl halides is 2. The third kappa shape index (κ3) is 5.72. The number of pyridine rings is 1. The maximum atomic E-state index is 15.5. The van der Waals surface area contributed by atoms with Gasteiger partial charge in [-0.3, -0.25) is 14.3 Å². The molecule has 1 aliphatic rings. The lowest BCUT2D eigenvalue weighted by molar-refractivity contribution is -0.0498. The smallest absolute Gasteiger partial charge is 0.387 e. The van der Waals surface area contributed by atoms with E-state index in [0.717, 1.165) is 28.9 Å². The summed E-state index contributed by atoms with van der Waals surface area (Å²) in [6.07, 6.45) is 0.438. The van der Waals surface area contributed by atoms with Crippen LogP contribution in [0.4, 0.5) is 29.1 Å². The van der Waals surface area contributed by atoms with Crippen molar-refractivity contribution in [2.45, 2.75) is 32.5 Å². The van der Waals surface area contributed by atoms with Crippen LogP contribution in [0, 0.1) is 11.6 Å². The van der Waals surface area contributed by atoms with Crippen molar-refractivity contribution in [3.63, 3.8) is 0 Å². The fourth-order valence-corrected chi connectivity index (χ4v) is 5.15. The molecule has 1 saturated heterocycles. The van der Waals surface area contributed by atoms with E-state index in [1.54, 1.807) is 19.1 Å². The number of β-amino-alcohol motifs (C(OH)–C–C–N with tert-alkyl or cyclic N) is 1. The van der Waals surface area contributed by atoms with Gasteiger partial charge in [-0.25, -0.2) is 13.8 Å². The average molecular weight is 616 g/mol. The standard InChI is InChI=1S/C30H29F4N5O5/c1-5-16-8-11-22(38-14-30(2,42)15-38)35-26(16)39-28(41)24(36-27(40)17-6-9-18(10-7-17)44-29(33)34)25(37(39)3)23-20(31)12-19(43-4)13-21(23)32/h6-13,29,42H,5,14-15H2,1-4H3,(H,36,40). The number of aromatic nitrogens is 3. The number of halogens is 4. The Hall–Kier alpha value is -4.85. The molecule has 1 fully saturated rings. The summed E-state index contributed by atoms with van der Waals surface area (Å²) in [5.74, 6) is -2.62. The number of hydrogen-bond acceptors (Lipinski definition) is 7. The normalized spacial score (nSPS) is 14.0. The highest BCUT2D eigenvalue weighted by molar-refractivity contribution is 6.06. The number of amides is 1. The molecule has 1 aliphatic heterocycles. The van der Waals surface area contributed by atoms with Crippen LogP contribution in [0.5, 0.6) is 11.5 Å². The van der Waals surface area contributed by atoms with E-state index in [-0.39, 0.29) is 28.6 Å². The molecular weight excluding hydrogens is 586 g/mol. The van der Waals surface area contributed by atoms with Gasteiger partial charge in [-0.15, -0.1) is 0 Å². The molecule has 0 unspecified atom stereocenters. The minimum absolute atomic E-state index is 0.0396. The number of rotatable bonds is 9. The van der Waals surface area contributed by atoms with Crippen molar-refractivity contribution in [1.29, 1.82) is 0 Å². The van der Waals surface area contributed by atoms with Gasteiger partial charge in [0.25, 0.3) is 11.5 Å². The molecule has 2 aromatic heterocycles. The van der Waals surface area contributed by atoms with Crippen LogP contribution in [0.15, 0.2) is 53.3 Å². The monoisotopic (exact) mass is 615 g/mol. The summed E-state index contributed by atoms with van der Waals surface area (Å²) in [4.78, 5) is 33.8. The zero-order valence-corrected chi connectivity index (χ0v) is 24.2. The van der Waals surface area contributed by atoms with Crippen LogP contribution in [-0.2, 0) is 13.5 Å². The highest BCUT2D eigenvalue weighted by atomic mass is 19.3. The van der Waals surface area contributed by atoms with Crippen molar-refractivity contribution in [3.8, 4) is 28.6 Å². The average Bonchev–Trinajstić information content (AvgIpc) is 3.19. The molecule has 0 saturated carbocycles. The van der Waals surface area contributed by atoms with Gasteiger partial charge in [-0.05, 0) is 49.2 Å². The summed E-state index contributed by atoms with van der Waals surface area (Å²) < 4.78 is 67.6. The quantitative estimate of drug-likeness (QED) is 0.267. The molecule has 3 heterocycles. The number of aliphatic hydroxyl groups is 1. The third-order valence-electron chi connectivity index (χ3n) is 7.24. The highest BCUT2D eigenvalue weighted by Crippen LogP contribution is 2.35. The Morgan fingerprint density at radius 2 is 1.73 bits per heavy atom. The van der Waals surface area contributed by atoms with Crippen molar-refractivity contribution in [1.82, 2.24) is 14.3 Å². The maximum Gasteiger partial charge on any atom is 0.387 e. The van der Waals surface area contributed by atoms with Gasteiger partial charge in [0.15, 0.2) is 5.82 Å². The molecule has 14 heteroatoms. The van der Waals surface area contributed by atoms with Gasteiger partial charge in [0, 0.05) is 37.8 Å². The van der Waals surface area contributed by atoms with Crippen LogP contribution >= 0.6 is 0 Å². The summed E-state index contributed by atoms with van der Waals surface area (Å²) in [5.41, 5.74) is -2.49. The number of aryl methyl sites for hydroxylation is 1. The SMILES string of the molecule is CCc1ccc(N2CC(C)(O)C2)nc1-n1c(=O)c(NC(=O)c2ccc(OC(F)F)cc2)c(-c2c(F)cc(OC)cc2F)n1C. The summed E-state index contributed by atoms with van der Waals surface area (Å²) in [5, 5.41) is 12.7. The Morgan fingerprint density at radius 1 is 1.09 bits per heavy atom. The second-order valence-corrected chi connectivity index (χ2v) is 10.5. The number of methoxy groups -OCH3 is 1. The molecule has 0 aliphatic carbocycles. The molecule has 4 aromatic rings. The molecule has 0 bridgehead atoms. The van der Waals surface area contributed by atoms with Gasteiger partial charge < -0.3 is 24.8 Å². The second kappa shape index (κ2) is 11.7. The Bertz CT molecular complexity index is 1750. The van der Waals surface area contributed by atoms with Crippen LogP contribution in [0.25, 0.3) is 17.1 Å². The molecule has 1 amide bonds. The Kier molecular flexibility index (Phi) is 8.12. The van der Waals surface area contributed by atoms with Crippen LogP contribution in [0.1, 0.15) is 29.8 Å². The molecule has 0 spiro atoms. The lowest BCUT2D eigenvalue weighted by Gasteiger charge is -2.45. The van der Waals surface area contributed by atoms with Gasteiger partial charge in [0.2, 0.25) is 0 Å². The number of benzene rings is 2. The van der Waals surface area contributed by atoms with Gasteiger partial charge in [-0.1, -0.05) is 13.0 Å². The minimum atomic E-state index is -3.07. The van der Waals surface area contributed by atoms with Crippen molar-refractivity contribution in [2.75, 3.05) is 30.4 Å². The van der Waals surface area contributed by atoms with Gasteiger partial charge in [-0.2, -0.15) is 13.5 Å². The number of carbonyl (C=O) groups is 1. The van der Waals surface area contributed by atoms with Crippen molar-refractivity contribution >= 4 is 17.4 Å². The number of ether oxygens (including phenoxy) is 2. The number of nitrogens with zero attached hydrogens (tertiary/aromatic N) is 4. The Balaban J connectivity index is 1.67. The Morgan fingerprint density at radius 3 is 2.27 bits per heavy atom. The predicted octanol–water partition coefficient (Wildman–Crippen LogP) is 4.51. The topological polar surface area (TPSA) is 111 Å².